The monoisotopic (exact) mass is 294 g/mol. The molecule has 1 saturated carbocycles. The van der Waals surface area contributed by atoms with Crippen LogP contribution < -0.4 is 5.32 Å². The van der Waals surface area contributed by atoms with Crippen molar-refractivity contribution in [2.24, 2.45) is 17.3 Å². The molecule has 0 bridgehead atoms. The van der Waals surface area contributed by atoms with Crippen molar-refractivity contribution < 1.29 is 4.74 Å². The van der Waals surface area contributed by atoms with Gasteiger partial charge in [-0.1, -0.05) is 6.42 Å². The predicted octanol–water partition coefficient (Wildman–Crippen LogP) is 2.90. The van der Waals surface area contributed by atoms with E-state index in [4.69, 9.17) is 4.74 Å². The summed E-state index contributed by atoms with van der Waals surface area (Å²) in [6.07, 6.45) is 6.90. The number of hydrogen-bond donors (Lipinski definition) is 1. The lowest BCUT2D eigenvalue weighted by Crippen LogP contribution is -2.51. The predicted molar refractivity (Wildman–Crippen MR) is 87.5 cm³/mol. The fraction of sp³-hybridized carbons (Fsp3) is 1.00. The third kappa shape index (κ3) is 4.00. The molecule has 3 aliphatic rings. The minimum absolute atomic E-state index is 0.215. The first-order valence-electron chi connectivity index (χ1n) is 9.01. The van der Waals surface area contributed by atoms with E-state index in [2.05, 4.69) is 31.0 Å². The Morgan fingerprint density at radius 2 is 1.71 bits per heavy atom. The van der Waals surface area contributed by atoms with Crippen molar-refractivity contribution in [2.45, 2.75) is 58.4 Å². The molecule has 21 heavy (non-hydrogen) atoms. The van der Waals surface area contributed by atoms with Crippen molar-refractivity contribution in [1.82, 2.24) is 10.2 Å². The molecule has 2 saturated heterocycles. The minimum Gasteiger partial charge on any atom is -0.381 e. The Morgan fingerprint density at radius 3 is 2.29 bits per heavy atom. The molecule has 0 aromatic heterocycles. The summed E-state index contributed by atoms with van der Waals surface area (Å²) >= 11 is 0. The number of hydrogen-bond acceptors (Lipinski definition) is 3. The second kappa shape index (κ2) is 6.17. The largest absolute Gasteiger partial charge is 0.381 e. The summed E-state index contributed by atoms with van der Waals surface area (Å²) in [5.41, 5.74) is 0.650. The van der Waals surface area contributed by atoms with Gasteiger partial charge >= 0.3 is 0 Å². The maximum atomic E-state index is 5.65. The lowest BCUT2D eigenvalue weighted by molar-refractivity contribution is -0.00474. The normalized spacial score (nSPS) is 33.3. The average Bonchev–Trinajstić information content (AvgIpc) is 2.98. The Hall–Kier alpha value is -0.120. The van der Waals surface area contributed by atoms with Crippen LogP contribution in [0.2, 0.25) is 0 Å². The summed E-state index contributed by atoms with van der Waals surface area (Å²) in [6.45, 7) is 13.9. The van der Waals surface area contributed by atoms with Crippen LogP contribution in [0, 0.1) is 17.3 Å². The molecule has 2 atom stereocenters. The zero-order valence-electron chi connectivity index (χ0n) is 14.3. The maximum Gasteiger partial charge on any atom is 0.0472 e. The molecule has 3 heteroatoms. The number of ether oxygens (including phenoxy) is 1. The van der Waals surface area contributed by atoms with E-state index in [9.17, 15) is 0 Å². The van der Waals surface area contributed by atoms with Gasteiger partial charge < -0.3 is 15.0 Å². The van der Waals surface area contributed by atoms with Crippen LogP contribution in [0.1, 0.15) is 52.9 Å². The van der Waals surface area contributed by atoms with Gasteiger partial charge in [-0.2, -0.15) is 0 Å². The van der Waals surface area contributed by atoms with Crippen LogP contribution in [0.15, 0.2) is 0 Å². The topological polar surface area (TPSA) is 24.5 Å². The molecule has 0 spiro atoms. The van der Waals surface area contributed by atoms with Crippen LogP contribution >= 0.6 is 0 Å². The lowest BCUT2D eigenvalue weighted by Gasteiger charge is -2.42. The number of likely N-dealkylation sites (tertiary alicyclic amines) is 1. The van der Waals surface area contributed by atoms with Gasteiger partial charge in [0, 0.05) is 44.9 Å². The number of rotatable bonds is 4. The van der Waals surface area contributed by atoms with E-state index in [1.807, 2.05) is 0 Å². The van der Waals surface area contributed by atoms with Crippen molar-refractivity contribution in [3.8, 4) is 0 Å². The highest BCUT2D eigenvalue weighted by molar-refractivity contribution is 4.94. The molecule has 2 aliphatic heterocycles. The standard InChI is InChI=1S/C18H34N2O/c1-17(2,3)19-13-18(7-9-21-10-8-18)14-20-11-15-5-4-6-16(15)12-20/h15-16,19H,4-14H2,1-3H3. The van der Waals surface area contributed by atoms with E-state index < -0.39 is 0 Å². The van der Waals surface area contributed by atoms with E-state index in [1.54, 1.807) is 0 Å². The van der Waals surface area contributed by atoms with Gasteiger partial charge in [0.1, 0.15) is 0 Å². The summed E-state index contributed by atoms with van der Waals surface area (Å²) < 4.78 is 5.65. The quantitative estimate of drug-likeness (QED) is 0.863. The van der Waals surface area contributed by atoms with Crippen LogP contribution in [0.3, 0.4) is 0 Å². The van der Waals surface area contributed by atoms with Gasteiger partial charge in [-0.05, 0) is 63.7 Å². The van der Waals surface area contributed by atoms with Crippen molar-refractivity contribution in [3.05, 3.63) is 0 Å². The molecular formula is C18H34N2O. The van der Waals surface area contributed by atoms with E-state index >= 15 is 0 Å². The second-order valence-corrected chi connectivity index (χ2v) is 8.86. The van der Waals surface area contributed by atoms with Gasteiger partial charge in [0.25, 0.3) is 0 Å². The average molecular weight is 294 g/mol. The molecule has 3 rings (SSSR count). The van der Waals surface area contributed by atoms with Crippen LogP contribution in [0.5, 0.6) is 0 Å². The summed E-state index contributed by atoms with van der Waals surface area (Å²) in [5, 5.41) is 3.77. The zero-order valence-corrected chi connectivity index (χ0v) is 14.3. The summed E-state index contributed by atoms with van der Waals surface area (Å²) in [4.78, 5) is 2.78. The smallest absolute Gasteiger partial charge is 0.0472 e. The number of fused-ring (bicyclic) bond motifs is 1. The summed E-state index contributed by atoms with van der Waals surface area (Å²) in [5.74, 6) is 2.02. The second-order valence-electron chi connectivity index (χ2n) is 8.86. The fourth-order valence-electron chi connectivity index (χ4n) is 4.58. The maximum absolute atomic E-state index is 5.65. The first-order valence-corrected chi connectivity index (χ1v) is 9.01. The Kier molecular flexibility index (Phi) is 4.63. The highest BCUT2D eigenvalue weighted by atomic mass is 16.5. The number of nitrogens with one attached hydrogen (secondary N) is 1. The SMILES string of the molecule is CC(C)(C)NCC1(CN2CC3CCCC3C2)CCOCC1. The van der Waals surface area contributed by atoms with Crippen molar-refractivity contribution in [2.75, 3.05) is 39.4 Å². The summed E-state index contributed by atoms with van der Waals surface area (Å²) in [6, 6.07) is 0. The molecule has 3 nitrogen and oxygen atoms in total. The highest BCUT2D eigenvalue weighted by Gasteiger charge is 2.41. The van der Waals surface area contributed by atoms with E-state index in [0.717, 1.165) is 31.6 Å². The summed E-state index contributed by atoms with van der Waals surface area (Å²) in [7, 11) is 0. The Labute approximate surface area is 130 Å². The van der Waals surface area contributed by atoms with Crippen molar-refractivity contribution in [1.29, 1.82) is 0 Å². The Morgan fingerprint density at radius 1 is 1.10 bits per heavy atom. The van der Waals surface area contributed by atoms with Crippen LogP contribution in [0.4, 0.5) is 0 Å². The van der Waals surface area contributed by atoms with E-state index in [0.29, 0.717) is 5.41 Å². The molecule has 1 aliphatic carbocycles. The van der Waals surface area contributed by atoms with Crippen LogP contribution in [-0.2, 0) is 4.74 Å². The van der Waals surface area contributed by atoms with Crippen LogP contribution in [-0.4, -0.2) is 49.8 Å². The number of nitrogens with zero attached hydrogens (tertiary/aromatic N) is 1. The van der Waals surface area contributed by atoms with Crippen LogP contribution in [0.25, 0.3) is 0 Å². The lowest BCUT2D eigenvalue weighted by atomic mass is 9.79. The molecular weight excluding hydrogens is 260 g/mol. The van der Waals surface area contributed by atoms with E-state index in [-0.39, 0.29) is 5.54 Å². The molecule has 3 fully saturated rings. The molecule has 2 heterocycles. The highest BCUT2D eigenvalue weighted by Crippen LogP contribution is 2.40. The third-order valence-corrected chi connectivity index (χ3v) is 5.91. The van der Waals surface area contributed by atoms with Gasteiger partial charge in [0.15, 0.2) is 0 Å². The van der Waals surface area contributed by atoms with Gasteiger partial charge in [-0.3, -0.25) is 0 Å². The molecule has 2 unspecified atom stereocenters. The van der Waals surface area contributed by atoms with Gasteiger partial charge in [-0.25, -0.2) is 0 Å². The van der Waals surface area contributed by atoms with E-state index in [1.165, 1.54) is 51.7 Å². The molecule has 122 valence electrons. The van der Waals surface area contributed by atoms with Gasteiger partial charge in [-0.15, -0.1) is 0 Å². The first kappa shape index (κ1) is 15.8. The Bertz CT molecular complexity index is 332. The van der Waals surface area contributed by atoms with Crippen molar-refractivity contribution in [3.63, 3.8) is 0 Å². The minimum atomic E-state index is 0.215. The molecule has 0 aromatic carbocycles. The van der Waals surface area contributed by atoms with Gasteiger partial charge in [0.05, 0.1) is 0 Å². The molecule has 0 radical (unpaired) electrons. The third-order valence-electron chi connectivity index (χ3n) is 5.91. The molecule has 0 amide bonds. The molecule has 0 aromatic rings. The fourth-order valence-corrected chi connectivity index (χ4v) is 4.58. The molecule has 1 N–H and O–H groups in total. The van der Waals surface area contributed by atoms with Gasteiger partial charge in [0.2, 0.25) is 0 Å². The first-order chi connectivity index (χ1) is 9.96. The Balaban J connectivity index is 1.59. The van der Waals surface area contributed by atoms with Crippen molar-refractivity contribution >= 4 is 0 Å². The zero-order chi connectivity index (χ0) is 14.9.